The Morgan fingerprint density at radius 1 is 0.953 bits per heavy atom. The van der Waals surface area contributed by atoms with Crippen molar-refractivity contribution in [1.29, 1.82) is 0 Å². The highest BCUT2D eigenvalue weighted by molar-refractivity contribution is 5.80. The number of aryl methyl sites for hydroxylation is 2. The largest absolute Gasteiger partial charge is 0.439 e. The molecule has 0 fully saturated rings. The van der Waals surface area contributed by atoms with Gasteiger partial charge in [0.05, 0.1) is 17.0 Å². The van der Waals surface area contributed by atoms with E-state index < -0.39 is 11.4 Å². The minimum atomic E-state index is -1.00. The van der Waals surface area contributed by atoms with E-state index in [0.29, 0.717) is 41.5 Å². The second-order valence-electron chi connectivity index (χ2n) is 11.2. The first-order chi connectivity index (χ1) is 20.6. The molecule has 0 saturated heterocycles. The molecule has 0 unspecified atom stereocenters. The van der Waals surface area contributed by atoms with Crippen LogP contribution in [0.25, 0.3) is 34.0 Å². The quantitative estimate of drug-likeness (QED) is 0.262. The third-order valence-electron chi connectivity index (χ3n) is 7.55. The minimum Gasteiger partial charge on any atom is -0.386 e. The first-order valence-corrected chi connectivity index (χ1v) is 14.2. The highest BCUT2D eigenvalue weighted by Crippen LogP contribution is 2.30. The lowest BCUT2D eigenvalue weighted by molar-refractivity contribution is 0.0786. The van der Waals surface area contributed by atoms with Crippen molar-refractivity contribution in [3.63, 3.8) is 0 Å². The van der Waals surface area contributed by atoms with Crippen LogP contribution in [0.15, 0.2) is 86.9 Å². The van der Waals surface area contributed by atoms with Gasteiger partial charge in [0.25, 0.3) is 5.56 Å². The number of rotatable bonds is 8. The summed E-state index contributed by atoms with van der Waals surface area (Å²) in [6.07, 6.45) is 1.91. The van der Waals surface area contributed by atoms with Crippen molar-refractivity contribution in [2.24, 2.45) is 0 Å². The van der Waals surface area contributed by atoms with Crippen molar-refractivity contribution < 1.29 is 9.63 Å². The first-order valence-electron chi connectivity index (χ1n) is 14.2. The van der Waals surface area contributed by atoms with Crippen LogP contribution in [0.3, 0.4) is 0 Å². The molecule has 2 N–H and O–H groups in total. The fourth-order valence-corrected chi connectivity index (χ4v) is 5.42. The van der Waals surface area contributed by atoms with Gasteiger partial charge in [0.2, 0.25) is 5.78 Å². The second-order valence-corrected chi connectivity index (χ2v) is 11.2. The summed E-state index contributed by atoms with van der Waals surface area (Å²) in [4.78, 5) is 33.0. The predicted molar refractivity (Wildman–Crippen MR) is 163 cm³/mol. The van der Waals surface area contributed by atoms with E-state index in [2.05, 4.69) is 27.1 Å². The van der Waals surface area contributed by atoms with Gasteiger partial charge in [-0.25, -0.2) is 13.9 Å². The van der Waals surface area contributed by atoms with Crippen LogP contribution in [-0.4, -0.2) is 34.4 Å². The van der Waals surface area contributed by atoms with Gasteiger partial charge >= 0.3 is 5.76 Å². The van der Waals surface area contributed by atoms with Gasteiger partial charge in [-0.2, -0.15) is 10.1 Å². The van der Waals surface area contributed by atoms with E-state index in [4.69, 9.17) is 4.52 Å². The summed E-state index contributed by atoms with van der Waals surface area (Å²) >= 11 is 0. The third-order valence-corrected chi connectivity index (χ3v) is 7.55. The van der Waals surface area contributed by atoms with E-state index >= 15 is 0 Å². The topological polar surface area (TPSA) is 131 Å². The highest BCUT2D eigenvalue weighted by Gasteiger charge is 2.22. The molecule has 0 atom stereocenters. The van der Waals surface area contributed by atoms with E-state index in [-0.39, 0.29) is 5.56 Å². The molecule has 0 amide bonds. The number of aromatic nitrogens is 6. The number of H-pyrrole nitrogens is 1. The molecule has 43 heavy (non-hydrogen) atoms. The molecule has 10 heteroatoms. The van der Waals surface area contributed by atoms with Crippen LogP contribution < -0.4 is 11.3 Å². The van der Waals surface area contributed by atoms with Gasteiger partial charge in [0.1, 0.15) is 5.82 Å². The van der Waals surface area contributed by atoms with E-state index in [0.717, 1.165) is 39.9 Å². The molecule has 0 aliphatic heterocycles. The Hall–Kier alpha value is -5.09. The fraction of sp³-hybridized carbons (Fsp3) is 0.242. The maximum Gasteiger partial charge on any atom is 0.439 e. The molecule has 6 aromatic rings. The molecule has 3 aromatic carbocycles. The van der Waals surface area contributed by atoms with Crippen LogP contribution in [0.2, 0.25) is 0 Å². The normalized spacial score (nSPS) is 11.8. The SMILES string of the molecule is CCCc1c(Cc2ccc(-c3ccccc3-c3noc(=O)[nH]3)cc2)c(=O)n(-c2ccc(C(C)(C)O)cc2)c2nc(C)nn12. The molecule has 0 aliphatic carbocycles. The van der Waals surface area contributed by atoms with Gasteiger partial charge in [-0.3, -0.25) is 14.3 Å². The smallest absolute Gasteiger partial charge is 0.386 e. The number of hydrogen-bond donors (Lipinski definition) is 2. The van der Waals surface area contributed by atoms with Crippen LogP contribution in [-0.2, 0) is 18.4 Å². The van der Waals surface area contributed by atoms with Gasteiger partial charge in [-0.05, 0) is 61.6 Å². The molecule has 3 aromatic heterocycles. The number of fused-ring (bicyclic) bond motifs is 1. The molecular weight excluding hydrogens is 544 g/mol. The Labute approximate surface area is 247 Å². The summed E-state index contributed by atoms with van der Waals surface area (Å²) < 4.78 is 8.11. The molecule has 3 heterocycles. The third kappa shape index (κ3) is 5.32. The number of hydrogen-bond acceptors (Lipinski definition) is 7. The lowest BCUT2D eigenvalue weighted by atomic mass is 9.96. The van der Waals surface area contributed by atoms with Crippen LogP contribution in [0.1, 0.15) is 55.4 Å². The molecule has 10 nitrogen and oxygen atoms in total. The molecule has 6 rings (SSSR count). The maximum atomic E-state index is 14.3. The molecule has 218 valence electrons. The summed E-state index contributed by atoms with van der Waals surface area (Å²) in [5.74, 6) is 0.790. The van der Waals surface area contributed by atoms with Gasteiger partial charge < -0.3 is 5.11 Å². The molecule has 0 spiro atoms. The van der Waals surface area contributed by atoms with Crippen molar-refractivity contribution in [2.45, 2.75) is 52.6 Å². The van der Waals surface area contributed by atoms with Crippen molar-refractivity contribution >= 4 is 5.78 Å². The number of aliphatic hydroxyl groups is 1. The maximum absolute atomic E-state index is 14.3. The standard InChI is InChI=1S/C33H32N6O4/c1-5-8-28-27(19-21-11-13-22(14-12-21)25-9-6-7-10-26(25)29-35-32(41)43-37-29)30(40)38(31-34-20(2)36-39(28)31)24-17-15-23(16-18-24)33(3,4)42/h6-7,9-18,42H,5,8,19H2,1-4H3,(H,35,37,41). The van der Waals surface area contributed by atoms with Gasteiger partial charge in [-0.1, -0.05) is 79.2 Å². The van der Waals surface area contributed by atoms with Crippen molar-refractivity contribution in [2.75, 3.05) is 0 Å². The van der Waals surface area contributed by atoms with Gasteiger partial charge in [0, 0.05) is 17.5 Å². The molecule has 0 bridgehead atoms. The summed E-state index contributed by atoms with van der Waals surface area (Å²) in [5.41, 5.74) is 5.28. The second kappa shape index (κ2) is 11.0. The van der Waals surface area contributed by atoms with Crippen LogP contribution in [0.4, 0.5) is 0 Å². The first kappa shape index (κ1) is 28.0. The monoisotopic (exact) mass is 576 g/mol. The van der Waals surface area contributed by atoms with Crippen molar-refractivity contribution in [1.82, 2.24) is 29.3 Å². The zero-order chi connectivity index (χ0) is 30.3. The Morgan fingerprint density at radius 2 is 1.65 bits per heavy atom. The lowest BCUT2D eigenvalue weighted by Crippen LogP contribution is -2.28. The number of benzene rings is 3. The average molecular weight is 577 g/mol. The fourth-order valence-electron chi connectivity index (χ4n) is 5.42. The Kier molecular flexibility index (Phi) is 7.15. The summed E-state index contributed by atoms with van der Waals surface area (Å²) in [6.45, 7) is 7.35. The highest BCUT2D eigenvalue weighted by atomic mass is 16.5. The zero-order valence-electron chi connectivity index (χ0n) is 24.5. The number of nitrogens with zero attached hydrogens (tertiary/aromatic N) is 5. The Morgan fingerprint density at radius 3 is 2.28 bits per heavy atom. The van der Waals surface area contributed by atoms with E-state index in [1.165, 1.54) is 0 Å². The van der Waals surface area contributed by atoms with E-state index in [1.807, 2.05) is 79.7 Å². The molecule has 0 aliphatic rings. The van der Waals surface area contributed by atoms with Gasteiger partial charge in [0.15, 0.2) is 5.82 Å². The number of aromatic amines is 1. The lowest BCUT2D eigenvalue weighted by Gasteiger charge is -2.19. The van der Waals surface area contributed by atoms with Crippen LogP contribution in [0, 0.1) is 6.92 Å². The summed E-state index contributed by atoms with van der Waals surface area (Å²) in [6, 6.07) is 23.0. The van der Waals surface area contributed by atoms with Crippen LogP contribution >= 0.6 is 0 Å². The van der Waals surface area contributed by atoms with E-state index in [1.54, 1.807) is 22.9 Å². The van der Waals surface area contributed by atoms with E-state index in [9.17, 15) is 14.7 Å². The zero-order valence-corrected chi connectivity index (χ0v) is 24.5. The van der Waals surface area contributed by atoms with Crippen LogP contribution in [0.5, 0.6) is 0 Å². The van der Waals surface area contributed by atoms with Gasteiger partial charge in [-0.15, -0.1) is 0 Å². The predicted octanol–water partition coefficient (Wildman–Crippen LogP) is 4.97. The summed E-state index contributed by atoms with van der Waals surface area (Å²) in [5, 5.41) is 19.0. The number of nitrogens with one attached hydrogen (secondary N) is 1. The van der Waals surface area contributed by atoms with Crippen molar-refractivity contribution in [3.8, 4) is 28.2 Å². The molecule has 0 saturated carbocycles. The average Bonchev–Trinajstić information content (AvgIpc) is 3.60. The minimum absolute atomic E-state index is 0.149. The molecule has 0 radical (unpaired) electrons. The molecular formula is C33H32N6O4. The van der Waals surface area contributed by atoms with Crippen molar-refractivity contribution in [3.05, 3.63) is 122 Å². The summed E-state index contributed by atoms with van der Waals surface area (Å²) in [7, 11) is 0. The Balaban J connectivity index is 1.43. The Bertz CT molecular complexity index is 2040.